The van der Waals surface area contributed by atoms with Crippen LogP contribution >= 0.6 is 0 Å². The minimum atomic E-state index is -0.884. The Morgan fingerprint density at radius 1 is 1.11 bits per heavy atom. The van der Waals surface area contributed by atoms with Crippen LogP contribution in [0.5, 0.6) is 5.75 Å². The Morgan fingerprint density at radius 3 is 2.47 bits per heavy atom. The molecule has 100 valence electrons. The molecule has 1 atom stereocenters. The van der Waals surface area contributed by atoms with E-state index in [1.165, 1.54) is 0 Å². The van der Waals surface area contributed by atoms with Gasteiger partial charge in [0.05, 0.1) is 12.1 Å². The fraction of sp³-hybridized carbons (Fsp3) is 0.250. The molecule has 0 fully saturated rings. The van der Waals surface area contributed by atoms with Gasteiger partial charge in [-0.25, -0.2) is 0 Å². The second kappa shape index (κ2) is 5.87. The Labute approximate surface area is 113 Å². The Kier molecular flexibility index (Phi) is 4.20. The summed E-state index contributed by atoms with van der Waals surface area (Å²) in [5.41, 5.74) is 7.34. The third-order valence-corrected chi connectivity index (χ3v) is 3.12. The third kappa shape index (κ3) is 3.34. The molecule has 2 aromatic rings. The average Bonchev–Trinajstić information content (AvgIpc) is 2.46. The van der Waals surface area contributed by atoms with E-state index in [-0.39, 0.29) is 13.2 Å². The molecule has 0 amide bonds. The van der Waals surface area contributed by atoms with Crippen LogP contribution in [-0.2, 0) is 5.54 Å². The molecule has 0 heterocycles. The van der Waals surface area contributed by atoms with Crippen molar-refractivity contribution < 1.29 is 9.84 Å². The SMILES string of the molecule is Cc1cccc(OCC(N)(CO)c2ccccc2)c1. The molecule has 0 bridgehead atoms. The molecule has 1 unspecified atom stereocenters. The van der Waals surface area contributed by atoms with E-state index in [0.29, 0.717) is 0 Å². The molecule has 2 aromatic carbocycles. The Hall–Kier alpha value is -1.84. The lowest BCUT2D eigenvalue weighted by molar-refractivity contribution is 0.133. The molecule has 0 aromatic heterocycles. The summed E-state index contributed by atoms with van der Waals surface area (Å²) in [4.78, 5) is 0. The topological polar surface area (TPSA) is 55.5 Å². The monoisotopic (exact) mass is 257 g/mol. The first-order valence-electron chi connectivity index (χ1n) is 6.29. The zero-order chi connectivity index (χ0) is 13.7. The van der Waals surface area contributed by atoms with Crippen molar-refractivity contribution in [1.29, 1.82) is 0 Å². The summed E-state index contributed by atoms with van der Waals surface area (Å²) < 4.78 is 5.71. The van der Waals surface area contributed by atoms with Crippen LogP contribution in [0.25, 0.3) is 0 Å². The van der Waals surface area contributed by atoms with Gasteiger partial charge in [0.1, 0.15) is 12.4 Å². The molecule has 0 aliphatic heterocycles. The fourth-order valence-electron chi connectivity index (χ4n) is 1.91. The molecule has 3 heteroatoms. The summed E-state index contributed by atoms with van der Waals surface area (Å²) in [6.07, 6.45) is 0. The van der Waals surface area contributed by atoms with Crippen LogP contribution < -0.4 is 10.5 Å². The lowest BCUT2D eigenvalue weighted by Gasteiger charge is -2.27. The molecule has 0 aliphatic carbocycles. The van der Waals surface area contributed by atoms with Crippen LogP contribution in [-0.4, -0.2) is 18.3 Å². The average molecular weight is 257 g/mol. The maximum atomic E-state index is 9.57. The van der Waals surface area contributed by atoms with Crippen molar-refractivity contribution in [2.24, 2.45) is 5.73 Å². The summed E-state index contributed by atoms with van der Waals surface area (Å²) in [5.74, 6) is 0.763. The van der Waals surface area contributed by atoms with E-state index < -0.39 is 5.54 Å². The predicted octanol–water partition coefficient (Wildman–Crippen LogP) is 2.22. The van der Waals surface area contributed by atoms with Crippen LogP contribution in [0.1, 0.15) is 11.1 Å². The standard InChI is InChI=1S/C16H19NO2/c1-13-6-5-9-15(10-13)19-12-16(17,11-18)14-7-3-2-4-8-14/h2-10,18H,11-12,17H2,1H3. The zero-order valence-electron chi connectivity index (χ0n) is 11.0. The highest BCUT2D eigenvalue weighted by Crippen LogP contribution is 2.20. The molecule has 0 radical (unpaired) electrons. The number of ether oxygens (including phenoxy) is 1. The van der Waals surface area contributed by atoms with E-state index >= 15 is 0 Å². The molecule has 0 saturated heterocycles. The lowest BCUT2D eigenvalue weighted by Crippen LogP contribution is -2.46. The van der Waals surface area contributed by atoms with Crippen molar-refractivity contribution in [1.82, 2.24) is 0 Å². The maximum absolute atomic E-state index is 9.57. The predicted molar refractivity (Wildman–Crippen MR) is 76.1 cm³/mol. The van der Waals surface area contributed by atoms with E-state index in [9.17, 15) is 5.11 Å². The van der Waals surface area contributed by atoms with Gasteiger partial charge in [0, 0.05) is 0 Å². The van der Waals surface area contributed by atoms with Gasteiger partial charge in [-0.2, -0.15) is 0 Å². The number of hydrogen-bond donors (Lipinski definition) is 2. The smallest absolute Gasteiger partial charge is 0.119 e. The number of aliphatic hydroxyl groups excluding tert-OH is 1. The molecule has 19 heavy (non-hydrogen) atoms. The molecule has 3 N–H and O–H groups in total. The Bertz CT molecular complexity index is 527. The van der Waals surface area contributed by atoms with Gasteiger partial charge in [-0.05, 0) is 30.2 Å². The van der Waals surface area contributed by atoms with Gasteiger partial charge in [0.15, 0.2) is 0 Å². The van der Waals surface area contributed by atoms with Crippen LogP contribution in [0.2, 0.25) is 0 Å². The molecule has 0 saturated carbocycles. The number of benzene rings is 2. The minimum absolute atomic E-state index is 0.164. The first-order valence-corrected chi connectivity index (χ1v) is 6.29. The van der Waals surface area contributed by atoms with Crippen LogP contribution in [0.3, 0.4) is 0 Å². The maximum Gasteiger partial charge on any atom is 0.119 e. The van der Waals surface area contributed by atoms with Gasteiger partial charge < -0.3 is 15.6 Å². The van der Waals surface area contributed by atoms with Gasteiger partial charge >= 0.3 is 0 Å². The lowest BCUT2D eigenvalue weighted by atomic mass is 9.93. The fourth-order valence-corrected chi connectivity index (χ4v) is 1.91. The second-order valence-corrected chi connectivity index (χ2v) is 4.79. The van der Waals surface area contributed by atoms with E-state index in [1.807, 2.05) is 61.5 Å². The first kappa shape index (κ1) is 13.6. The Balaban J connectivity index is 2.11. The summed E-state index contributed by atoms with van der Waals surface area (Å²) in [6.45, 7) is 2.07. The normalized spacial score (nSPS) is 13.8. The van der Waals surface area contributed by atoms with Crippen molar-refractivity contribution in [2.75, 3.05) is 13.2 Å². The molecule has 0 aliphatic rings. The number of aliphatic hydroxyl groups is 1. The van der Waals surface area contributed by atoms with Crippen molar-refractivity contribution >= 4 is 0 Å². The third-order valence-electron chi connectivity index (χ3n) is 3.12. The molecule has 0 spiro atoms. The van der Waals surface area contributed by atoms with E-state index in [0.717, 1.165) is 16.9 Å². The zero-order valence-corrected chi connectivity index (χ0v) is 11.0. The number of hydrogen-bond acceptors (Lipinski definition) is 3. The summed E-state index contributed by atoms with van der Waals surface area (Å²) in [5, 5.41) is 9.57. The number of rotatable bonds is 5. The minimum Gasteiger partial charge on any atom is -0.491 e. The largest absolute Gasteiger partial charge is 0.491 e. The molecular formula is C16H19NO2. The summed E-state index contributed by atoms with van der Waals surface area (Å²) in [7, 11) is 0. The van der Waals surface area contributed by atoms with Crippen molar-refractivity contribution in [3.8, 4) is 5.75 Å². The summed E-state index contributed by atoms with van der Waals surface area (Å²) >= 11 is 0. The molecule has 3 nitrogen and oxygen atoms in total. The molecule has 2 rings (SSSR count). The molecular weight excluding hydrogens is 238 g/mol. The highest BCUT2D eigenvalue weighted by atomic mass is 16.5. The van der Waals surface area contributed by atoms with E-state index in [1.54, 1.807) is 0 Å². The van der Waals surface area contributed by atoms with Gasteiger partial charge in [-0.1, -0.05) is 42.5 Å². The quantitative estimate of drug-likeness (QED) is 0.863. The van der Waals surface area contributed by atoms with Crippen molar-refractivity contribution in [3.63, 3.8) is 0 Å². The van der Waals surface area contributed by atoms with E-state index in [2.05, 4.69) is 0 Å². The first-order chi connectivity index (χ1) is 9.14. The highest BCUT2D eigenvalue weighted by Gasteiger charge is 2.27. The summed E-state index contributed by atoms with van der Waals surface area (Å²) in [6, 6.07) is 17.3. The highest BCUT2D eigenvalue weighted by molar-refractivity contribution is 5.29. The van der Waals surface area contributed by atoms with Crippen molar-refractivity contribution in [3.05, 3.63) is 65.7 Å². The van der Waals surface area contributed by atoms with E-state index in [4.69, 9.17) is 10.5 Å². The van der Waals surface area contributed by atoms with Gasteiger partial charge in [-0.3, -0.25) is 0 Å². The number of aryl methyl sites for hydroxylation is 1. The van der Waals surface area contributed by atoms with Crippen LogP contribution in [0.15, 0.2) is 54.6 Å². The van der Waals surface area contributed by atoms with Gasteiger partial charge in [-0.15, -0.1) is 0 Å². The van der Waals surface area contributed by atoms with Gasteiger partial charge in [0.25, 0.3) is 0 Å². The second-order valence-electron chi connectivity index (χ2n) is 4.79. The van der Waals surface area contributed by atoms with Crippen LogP contribution in [0, 0.1) is 6.92 Å². The Morgan fingerprint density at radius 2 is 1.84 bits per heavy atom. The number of nitrogens with two attached hydrogens (primary N) is 1. The van der Waals surface area contributed by atoms with Crippen LogP contribution in [0.4, 0.5) is 0 Å². The van der Waals surface area contributed by atoms with Gasteiger partial charge in [0.2, 0.25) is 0 Å². The van der Waals surface area contributed by atoms with Crippen molar-refractivity contribution in [2.45, 2.75) is 12.5 Å².